The monoisotopic (exact) mass is 2190 g/mol. The van der Waals surface area contributed by atoms with Crippen LogP contribution in [0.1, 0.15) is 200 Å². The van der Waals surface area contributed by atoms with E-state index >= 15 is 0 Å². The number of carbonyl (C=O) groups is 22. The SMILES string of the molecule is C[C@H](NC(=O)[C@H](CC(F)(F)F)NC(=O)[C@H](C)NC(=O)[C@H](CCCCN)NC(=O)[C@H](C)NC(=O)[C@H](CC(F)(F)F)NC(=O)[C@H](C)NC(=O)[C@H](C)NC(=O)[C@H](CC(F)(F)F)NC(=O)[C@H](C)NC(=O)[C@H](CCCCN)NC(=O)[C@H](C)NC(=O)[C@H](CC(F)(F)F)NC(=O)[C@H](C)NC(=O)[C@H](C)NC(=O)[C@H](CC(F)(F)F)NC(=O)[C@H](C)NC(=O)[C@H](CCCCN)NC(=O)[C@H](C)NC(=O)[C@H](CC(F)(F)F)NC(=O)[C@H](C)NC(=O)OC(C)(C)C)C(=O)O. The maximum Gasteiger partial charge on any atom is 0.408 e. The molecule has 0 aliphatic carbocycles. The summed E-state index contributed by atoms with van der Waals surface area (Å²) in [6.45, 7) is 14.5. The molecule has 0 aromatic carbocycles. The summed E-state index contributed by atoms with van der Waals surface area (Å²) in [5, 5.41) is 48.9. The lowest BCUT2D eigenvalue weighted by atomic mass is 10.1. The minimum Gasteiger partial charge on any atom is -0.480 e. The van der Waals surface area contributed by atoms with E-state index in [4.69, 9.17) is 27.0 Å². The Balaban J connectivity index is 6.46. The van der Waals surface area contributed by atoms with Gasteiger partial charge in [0.1, 0.15) is 132 Å². The van der Waals surface area contributed by atoms with Crippen molar-refractivity contribution in [3.8, 4) is 0 Å². The van der Waals surface area contributed by atoms with Gasteiger partial charge in [-0.3, -0.25) is 101 Å². The lowest BCUT2D eigenvalue weighted by molar-refractivity contribution is -0.153. The second-order valence-electron chi connectivity index (χ2n) is 35.6. The molecule has 0 aromatic rings. The predicted octanol–water partition coefficient (Wildman–Crippen LogP) is -3.00. The van der Waals surface area contributed by atoms with Crippen LogP contribution in [-0.4, -0.2) is 324 Å². The van der Waals surface area contributed by atoms with Crippen molar-refractivity contribution in [2.75, 3.05) is 19.6 Å². The van der Waals surface area contributed by atoms with Crippen molar-refractivity contribution in [1.82, 2.24) is 112 Å². The van der Waals surface area contributed by atoms with Crippen LogP contribution in [0.25, 0.3) is 0 Å². The Morgan fingerprint density at radius 2 is 0.329 bits per heavy atom. The highest BCUT2D eigenvalue weighted by atomic mass is 19.4. The van der Waals surface area contributed by atoms with E-state index in [2.05, 4.69) is 31.9 Å². The third kappa shape index (κ3) is 56.7. The van der Waals surface area contributed by atoms with Crippen LogP contribution in [0.5, 0.6) is 0 Å². The van der Waals surface area contributed by atoms with Crippen LogP contribution < -0.4 is 129 Å². The number of nitrogens with one attached hydrogen (secondary N) is 21. The zero-order chi connectivity index (χ0) is 116. The van der Waals surface area contributed by atoms with E-state index in [0.29, 0.717) is 0 Å². The van der Waals surface area contributed by atoms with E-state index in [0.717, 1.165) is 83.1 Å². The molecule has 0 saturated heterocycles. The quantitative estimate of drug-likeness (QED) is 0.0213. The normalized spacial score (nSPS) is 16.2. The molecule has 48 nitrogen and oxygen atoms in total. The molecular weight excluding hydrogens is 2060 g/mol. The van der Waals surface area contributed by atoms with Gasteiger partial charge in [-0.1, -0.05) is 0 Å². The summed E-state index contributed by atoms with van der Waals surface area (Å²) < 4.78 is 255. The number of hydrogen-bond donors (Lipinski definition) is 25. The Morgan fingerprint density at radius 3 is 0.470 bits per heavy atom. The number of ether oxygens (including phenoxy) is 1. The van der Waals surface area contributed by atoms with E-state index in [9.17, 15) is 185 Å². The molecule has 21 atom stereocenters. The van der Waals surface area contributed by atoms with E-state index in [1.165, 1.54) is 20.8 Å². The fourth-order valence-corrected chi connectivity index (χ4v) is 12.4. The Morgan fingerprint density at radius 1 is 0.201 bits per heavy atom. The van der Waals surface area contributed by atoms with Crippen LogP contribution in [0, 0.1) is 0 Å². The fraction of sp³-hybridized carbons (Fsp3) is 0.735. The van der Waals surface area contributed by atoms with Gasteiger partial charge in [-0.05, 0) is 181 Å². The number of aliphatic carboxylic acids is 1. The highest BCUT2D eigenvalue weighted by molar-refractivity contribution is 6.02. The number of alkyl halides is 18. The molecule has 0 bridgehead atoms. The van der Waals surface area contributed by atoms with Gasteiger partial charge in [0.2, 0.25) is 118 Å². The van der Waals surface area contributed by atoms with Crippen molar-refractivity contribution in [3.63, 3.8) is 0 Å². The molecule has 28 N–H and O–H groups in total. The fourth-order valence-electron chi connectivity index (χ4n) is 12.4. The molecule has 0 aliphatic rings. The van der Waals surface area contributed by atoms with Crippen LogP contribution >= 0.6 is 0 Å². The molecule has 0 aliphatic heterocycles. The zero-order valence-corrected chi connectivity index (χ0v) is 83.2. The molecule has 0 radical (unpaired) electrons. The maximum atomic E-state index is 14.1. The number of alkyl carbamates (subject to hydrolysis) is 1. The Bertz CT molecular complexity index is 4580. The van der Waals surface area contributed by atoms with Crippen molar-refractivity contribution >= 4 is 130 Å². The summed E-state index contributed by atoms with van der Waals surface area (Å²) in [7, 11) is 0. The van der Waals surface area contributed by atoms with Crippen molar-refractivity contribution < 1.29 is 194 Å². The number of carboxylic acid groups (broad SMARTS) is 1. The smallest absolute Gasteiger partial charge is 0.408 e. The van der Waals surface area contributed by atoms with Gasteiger partial charge < -0.3 is 139 Å². The number of unbranched alkanes of at least 4 members (excludes halogenated alkanes) is 3. The molecule has 21 amide bonds. The first-order valence-corrected chi connectivity index (χ1v) is 45.8. The van der Waals surface area contributed by atoms with Gasteiger partial charge in [0.15, 0.2) is 0 Å². The highest BCUT2D eigenvalue weighted by Crippen LogP contribution is 2.28. The van der Waals surface area contributed by atoms with Crippen LogP contribution in [-0.2, 0) is 105 Å². The molecule has 149 heavy (non-hydrogen) atoms. The first-order valence-electron chi connectivity index (χ1n) is 45.8. The van der Waals surface area contributed by atoms with E-state index in [1.807, 2.05) is 42.5 Å². The molecular formula is C83H130F18N24O24. The molecule has 0 unspecified atom stereocenters. The minimum atomic E-state index is -5.36. The second-order valence-corrected chi connectivity index (χ2v) is 35.6. The molecule has 66 heteroatoms. The molecule has 0 heterocycles. The van der Waals surface area contributed by atoms with Gasteiger partial charge in [-0.15, -0.1) is 0 Å². The number of nitrogens with two attached hydrogens (primary N) is 3. The van der Waals surface area contributed by atoms with Gasteiger partial charge >= 0.3 is 49.1 Å². The molecule has 0 spiro atoms. The van der Waals surface area contributed by atoms with Crippen LogP contribution in [0.15, 0.2) is 0 Å². The minimum absolute atomic E-state index is 0.00144. The van der Waals surface area contributed by atoms with Crippen molar-refractivity contribution in [3.05, 3.63) is 0 Å². The lowest BCUT2D eigenvalue weighted by Gasteiger charge is -2.27. The standard InChI is InChI=1S/C83H130F18N24O24/c1-34(55(126)106-37(4)61(132)121-52(31-81(93,94)95)72(143)113-39(6)58(129)118-48(24-18-21-27-104)68(139)109-43(10)64(135)124-54(33-83(99,100)101)74(145)115-45(12)75(146)147)110-69(140)49(28-78(84,85)86)122-62(133)41(8)107-66(137)46(22-16-19-25-102)117-57(128)38(5)112-71(142)51(30-80(90,91)92)120-60(131)36(3)105-56(127)35(2)111-70(141)50(29-79(87,88)89)123-63(134)42(9)108-67(138)47(23-17-20-26-103)119-59(130)40(7)114-73(144)53(32-82(96,97)98)125-65(136)44(11)116-76(148)149-77(13,14)15/h34-54H,16-33,102-104H2,1-15H3,(H,105,127)(H,106,126)(H,107,137)(H,108,138)(H,109,139)(H,110,140)(H,111,141)(H,112,142)(H,113,143)(H,114,144)(H,115,145)(H,116,148)(H,117,128)(H,118,129)(H,119,130)(H,120,131)(H,121,132)(H,122,133)(H,123,134)(H,124,135)(H,125,136)(H,146,147)/t34-,35-,36-,37-,38-,39-,40-,41-,42-,43-,44-,45-,46-,47-,48-,49-,50-,51-,52-,53-,54-/m0/s1. The average molecular weight is 2190 g/mol. The summed E-state index contributed by atoms with van der Waals surface area (Å²) in [5.41, 5.74) is 15.6. The third-order valence-corrected chi connectivity index (χ3v) is 20.5. The number of carboxylic acids is 1. The van der Waals surface area contributed by atoms with Crippen LogP contribution in [0.4, 0.5) is 83.8 Å². The largest absolute Gasteiger partial charge is 0.480 e. The Hall–Kier alpha value is -13.2. The summed E-state index contributed by atoms with van der Waals surface area (Å²) >= 11 is 0. The molecule has 0 saturated carbocycles. The van der Waals surface area contributed by atoms with Gasteiger partial charge in [0.05, 0.1) is 38.5 Å². The lowest BCUT2D eigenvalue weighted by Crippen LogP contribution is -2.60. The van der Waals surface area contributed by atoms with E-state index in [-0.39, 0.29) is 71.0 Å². The maximum absolute atomic E-state index is 14.1. The van der Waals surface area contributed by atoms with E-state index < -0.39 is 345 Å². The first kappa shape index (κ1) is 136. The average Bonchev–Trinajstić information content (AvgIpc) is 0.861. The number of carbonyl (C=O) groups excluding carboxylic acids is 21. The van der Waals surface area contributed by atoms with Crippen LogP contribution in [0.3, 0.4) is 0 Å². The third-order valence-electron chi connectivity index (χ3n) is 20.5. The van der Waals surface area contributed by atoms with Gasteiger partial charge in [0.25, 0.3) is 0 Å². The predicted molar refractivity (Wildman–Crippen MR) is 480 cm³/mol. The molecule has 0 rings (SSSR count). The Labute approximate surface area is 840 Å². The molecule has 0 fully saturated rings. The topological polar surface area (TPSA) is 736 Å². The van der Waals surface area contributed by atoms with Crippen molar-refractivity contribution in [2.45, 2.75) is 370 Å². The first-order chi connectivity index (χ1) is 68.0. The zero-order valence-electron chi connectivity index (χ0n) is 83.2. The summed E-state index contributed by atoms with van der Waals surface area (Å²) in [4.78, 5) is 291. The second kappa shape index (κ2) is 61.7. The van der Waals surface area contributed by atoms with Crippen LogP contribution in [0.2, 0.25) is 0 Å². The molecule has 0 aromatic heterocycles. The summed E-state index contributed by atoms with van der Waals surface area (Å²) in [5.74, 6) is -32.1. The van der Waals surface area contributed by atoms with Gasteiger partial charge in [-0.2, -0.15) is 79.0 Å². The number of halogens is 18. The summed E-state index contributed by atoms with van der Waals surface area (Å²) in [6.07, 6.45) is -46.4. The van der Waals surface area contributed by atoms with Crippen molar-refractivity contribution in [1.29, 1.82) is 0 Å². The Kier molecular flexibility index (Phi) is 56.2. The molecule has 852 valence electrons. The van der Waals surface area contributed by atoms with Gasteiger partial charge in [-0.25, -0.2) is 4.79 Å². The highest BCUT2D eigenvalue weighted by Gasteiger charge is 2.47. The van der Waals surface area contributed by atoms with E-state index in [1.54, 1.807) is 37.2 Å². The number of rotatable bonds is 60. The summed E-state index contributed by atoms with van der Waals surface area (Å²) in [6, 6.07) is -43.9. The number of amides is 21. The van der Waals surface area contributed by atoms with Crippen molar-refractivity contribution in [2.24, 2.45) is 17.2 Å². The number of hydrogen-bond acceptors (Lipinski definition) is 26. The van der Waals surface area contributed by atoms with Gasteiger partial charge in [0, 0.05) is 0 Å².